The van der Waals surface area contributed by atoms with Crippen LogP contribution in [-0.4, -0.2) is 14.6 Å². The molecule has 0 atom stereocenters. The van der Waals surface area contributed by atoms with Crippen LogP contribution in [0.25, 0.3) is 5.65 Å². The summed E-state index contributed by atoms with van der Waals surface area (Å²) in [5.41, 5.74) is 3.10. The maximum atomic E-state index is 6.46. The Hall–Kier alpha value is -1.58. The molecular weight excluding hydrogens is 329 g/mol. The van der Waals surface area contributed by atoms with Crippen molar-refractivity contribution in [3.63, 3.8) is 0 Å². The van der Waals surface area contributed by atoms with Gasteiger partial charge in [0.25, 0.3) is 0 Å². The number of rotatable bonds is 3. The van der Waals surface area contributed by atoms with E-state index in [2.05, 4.69) is 40.6 Å². The van der Waals surface area contributed by atoms with Gasteiger partial charge < -0.3 is 0 Å². The van der Waals surface area contributed by atoms with Crippen LogP contribution in [0.2, 0.25) is 10.0 Å². The summed E-state index contributed by atoms with van der Waals surface area (Å²) in [4.78, 5) is 0. The molecule has 1 aliphatic rings. The monoisotopic (exact) mass is 345 g/mol. The largest absolute Gasteiger partial charge is 0.285 e. The van der Waals surface area contributed by atoms with E-state index in [-0.39, 0.29) is 5.41 Å². The summed E-state index contributed by atoms with van der Waals surface area (Å²) in [5, 5.41) is 10.4. The Balaban J connectivity index is 1.91. The molecular formula is C18H17Cl2N3. The molecule has 1 aliphatic carbocycles. The fourth-order valence-electron chi connectivity index (χ4n) is 3.33. The van der Waals surface area contributed by atoms with E-state index in [0.29, 0.717) is 16.0 Å². The standard InChI is InChI=1S/C18H17Cl2N3/c1-11(2)13-4-3-9-23-16(13)21-22-17(23)18(7-8-18)14-6-5-12(19)10-15(14)20/h3-6,9-11H,7-8H2,1-2H3. The summed E-state index contributed by atoms with van der Waals surface area (Å²) in [6, 6.07) is 9.90. The Morgan fingerprint density at radius 2 is 1.91 bits per heavy atom. The van der Waals surface area contributed by atoms with Crippen molar-refractivity contribution in [1.82, 2.24) is 14.6 Å². The minimum atomic E-state index is -0.142. The van der Waals surface area contributed by atoms with Crippen molar-refractivity contribution in [3.8, 4) is 0 Å². The minimum absolute atomic E-state index is 0.142. The van der Waals surface area contributed by atoms with Crippen LogP contribution < -0.4 is 0 Å². The summed E-state index contributed by atoms with van der Waals surface area (Å²) in [7, 11) is 0. The maximum absolute atomic E-state index is 6.46. The Labute approximate surface area is 145 Å². The molecule has 2 heterocycles. The summed E-state index contributed by atoms with van der Waals surface area (Å²) < 4.78 is 2.12. The van der Waals surface area contributed by atoms with Crippen molar-refractivity contribution in [2.75, 3.05) is 0 Å². The first-order chi connectivity index (χ1) is 11.0. The highest BCUT2D eigenvalue weighted by atomic mass is 35.5. The van der Waals surface area contributed by atoms with Crippen LogP contribution in [-0.2, 0) is 5.41 Å². The summed E-state index contributed by atoms with van der Waals surface area (Å²) in [5.74, 6) is 1.38. The Morgan fingerprint density at radius 1 is 1.13 bits per heavy atom. The molecule has 118 valence electrons. The molecule has 0 bridgehead atoms. The molecule has 0 spiro atoms. The lowest BCUT2D eigenvalue weighted by Crippen LogP contribution is -2.14. The second kappa shape index (κ2) is 5.22. The molecule has 4 rings (SSSR count). The number of hydrogen-bond donors (Lipinski definition) is 0. The van der Waals surface area contributed by atoms with Gasteiger partial charge in [-0.3, -0.25) is 4.40 Å². The SMILES string of the molecule is CC(C)c1cccn2c(C3(c4ccc(Cl)cc4Cl)CC3)nnc12. The Bertz CT molecular complexity index is 894. The number of pyridine rings is 1. The lowest BCUT2D eigenvalue weighted by atomic mass is 9.95. The zero-order valence-electron chi connectivity index (χ0n) is 13.1. The molecule has 1 aromatic carbocycles. The average Bonchev–Trinajstić information content (AvgIpc) is 3.18. The van der Waals surface area contributed by atoms with Gasteiger partial charge in [0.1, 0.15) is 5.82 Å². The highest BCUT2D eigenvalue weighted by molar-refractivity contribution is 6.35. The van der Waals surface area contributed by atoms with E-state index in [4.69, 9.17) is 23.2 Å². The number of nitrogens with zero attached hydrogens (tertiary/aromatic N) is 3. The zero-order chi connectivity index (χ0) is 16.2. The Morgan fingerprint density at radius 3 is 2.57 bits per heavy atom. The number of aromatic nitrogens is 3. The number of benzene rings is 1. The molecule has 0 saturated heterocycles. The molecule has 1 fully saturated rings. The third-order valence-corrected chi connectivity index (χ3v) is 5.26. The molecule has 3 nitrogen and oxygen atoms in total. The summed E-state index contributed by atoms with van der Waals surface area (Å²) >= 11 is 12.5. The fraction of sp³-hybridized carbons (Fsp3) is 0.333. The van der Waals surface area contributed by atoms with E-state index in [9.17, 15) is 0 Å². The smallest absolute Gasteiger partial charge is 0.164 e. The number of hydrogen-bond acceptors (Lipinski definition) is 2. The molecule has 2 aromatic heterocycles. The van der Waals surface area contributed by atoms with Crippen LogP contribution in [0.5, 0.6) is 0 Å². The Kier molecular flexibility index (Phi) is 3.40. The highest BCUT2D eigenvalue weighted by Crippen LogP contribution is 2.55. The lowest BCUT2D eigenvalue weighted by Gasteiger charge is -2.16. The topological polar surface area (TPSA) is 30.2 Å². The van der Waals surface area contributed by atoms with E-state index < -0.39 is 0 Å². The van der Waals surface area contributed by atoms with Gasteiger partial charge in [0.15, 0.2) is 5.65 Å². The predicted octanol–water partition coefficient (Wildman–Crippen LogP) is 5.24. The van der Waals surface area contributed by atoms with Crippen molar-refractivity contribution in [2.45, 2.75) is 38.0 Å². The summed E-state index contributed by atoms with van der Waals surface area (Å²) in [6.45, 7) is 4.35. The van der Waals surface area contributed by atoms with Gasteiger partial charge in [0, 0.05) is 16.2 Å². The molecule has 23 heavy (non-hydrogen) atoms. The van der Waals surface area contributed by atoms with Gasteiger partial charge in [0.05, 0.1) is 5.41 Å². The number of fused-ring (bicyclic) bond motifs is 1. The van der Waals surface area contributed by atoms with Gasteiger partial charge in [-0.25, -0.2) is 0 Å². The molecule has 0 unspecified atom stereocenters. The number of halogens is 2. The lowest BCUT2D eigenvalue weighted by molar-refractivity contribution is 0.739. The fourth-order valence-corrected chi connectivity index (χ4v) is 3.92. The van der Waals surface area contributed by atoms with E-state index in [1.54, 1.807) is 6.07 Å². The molecule has 0 N–H and O–H groups in total. The van der Waals surface area contributed by atoms with Crippen LogP contribution in [0.1, 0.15) is 49.6 Å². The van der Waals surface area contributed by atoms with Crippen molar-refractivity contribution >= 4 is 28.8 Å². The van der Waals surface area contributed by atoms with E-state index in [1.165, 1.54) is 5.56 Å². The third-order valence-electron chi connectivity index (χ3n) is 4.71. The molecule has 0 radical (unpaired) electrons. The van der Waals surface area contributed by atoms with Gasteiger partial charge in [0.2, 0.25) is 0 Å². The van der Waals surface area contributed by atoms with Crippen LogP contribution >= 0.6 is 23.2 Å². The van der Waals surface area contributed by atoms with Crippen molar-refractivity contribution in [1.29, 1.82) is 0 Å². The first-order valence-electron chi connectivity index (χ1n) is 7.82. The molecule has 1 saturated carbocycles. The first kappa shape index (κ1) is 15.0. The molecule has 0 amide bonds. The molecule has 3 aromatic rings. The van der Waals surface area contributed by atoms with Gasteiger partial charge in [-0.05, 0) is 48.1 Å². The van der Waals surface area contributed by atoms with E-state index >= 15 is 0 Å². The van der Waals surface area contributed by atoms with E-state index in [1.807, 2.05) is 18.3 Å². The third kappa shape index (κ3) is 2.26. The average molecular weight is 346 g/mol. The van der Waals surface area contributed by atoms with Crippen LogP contribution in [0, 0.1) is 0 Å². The second-order valence-corrected chi connectivity index (χ2v) is 7.39. The molecule has 5 heteroatoms. The van der Waals surface area contributed by atoms with Gasteiger partial charge >= 0.3 is 0 Å². The highest BCUT2D eigenvalue weighted by Gasteiger charge is 2.50. The van der Waals surface area contributed by atoms with Gasteiger partial charge in [-0.15, -0.1) is 10.2 Å². The van der Waals surface area contributed by atoms with Crippen LogP contribution in [0.3, 0.4) is 0 Å². The maximum Gasteiger partial charge on any atom is 0.164 e. The summed E-state index contributed by atoms with van der Waals surface area (Å²) in [6.07, 6.45) is 4.10. The first-order valence-corrected chi connectivity index (χ1v) is 8.58. The predicted molar refractivity (Wildman–Crippen MR) is 93.6 cm³/mol. The van der Waals surface area contributed by atoms with Crippen molar-refractivity contribution < 1.29 is 0 Å². The second-order valence-electron chi connectivity index (χ2n) is 6.54. The molecule has 0 aliphatic heterocycles. The minimum Gasteiger partial charge on any atom is -0.285 e. The quantitative estimate of drug-likeness (QED) is 0.649. The van der Waals surface area contributed by atoms with E-state index in [0.717, 1.165) is 29.9 Å². The van der Waals surface area contributed by atoms with Crippen molar-refractivity contribution in [2.24, 2.45) is 0 Å². The zero-order valence-corrected chi connectivity index (χ0v) is 14.6. The van der Waals surface area contributed by atoms with Crippen LogP contribution in [0.15, 0.2) is 36.5 Å². The van der Waals surface area contributed by atoms with Crippen LogP contribution in [0.4, 0.5) is 0 Å². The van der Waals surface area contributed by atoms with Crippen molar-refractivity contribution in [3.05, 3.63) is 63.5 Å². The normalized spacial score (nSPS) is 16.2. The van der Waals surface area contributed by atoms with Gasteiger partial charge in [-0.1, -0.05) is 49.2 Å². The van der Waals surface area contributed by atoms with Gasteiger partial charge in [-0.2, -0.15) is 0 Å².